The Labute approximate surface area is 167 Å². The van der Waals surface area contributed by atoms with Gasteiger partial charge < -0.3 is 19.9 Å². The fraction of sp³-hybridized carbons (Fsp3) is 0.300. The van der Waals surface area contributed by atoms with Crippen LogP contribution in [-0.4, -0.2) is 61.4 Å². The highest BCUT2D eigenvalue weighted by molar-refractivity contribution is 9.10. The van der Waals surface area contributed by atoms with Crippen LogP contribution in [0.4, 0.5) is 5.69 Å². The molecule has 1 fully saturated rings. The van der Waals surface area contributed by atoms with Gasteiger partial charge in [-0.1, -0.05) is 28.1 Å². The van der Waals surface area contributed by atoms with E-state index in [9.17, 15) is 9.59 Å². The van der Waals surface area contributed by atoms with E-state index in [4.69, 9.17) is 4.74 Å². The summed E-state index contributed by atoms with van der Waals surface area (Å²) in [6, 6.07) is 14.3. The molecule has 0 bridgehead atoms. The minimum atomic E-state index is -0.309. The monoisotopic (exact) mass is 431 g/mol. The number of carbonyl (C=O) groups is 2. The Kier molecular flexibility index (Phi) is 6.47. The Hall–Kier alpha value is -2.38. The first-order valence-electron chi connectivity index (χ1n) is 8.78. The maximum Gasteiger partial charge on any atom is 0.262 e. The zero-order chi connectivity index (χ0) is 19.2. The van der Waals surface area contributed by atoms with Crippen molar-refractivity contribution in [3.63, 3.8) is 0 Å². The van der Waals surface area contributed by atoms with Gasteiger partial charge in [-0.05, 0) is 43.4 Å². The Morgan fingerprint density at radius 2 is 1.70 bits per heavy atom. The predicted octanol–water partition coefficient (Wildman–Crippen LogP) is 2.85. The van der Waals surface area contributed by atoms with E-state index in [1.54, 1.807) is 36.4 Å². The summed E-state index contributed by atoms with van der Waals surface area (Å²) in [5.74, 6) is 0.236. The van der Waals surface area contributed by atoms with E-state index in [2.05, 4.69) is 26.1 Å². The van der Waals surface area contributed by atoms with Gasteiger partial charge in [-0.2, -0.15) is 0 Å². The number of hydrogen-bond donors (Lipinski definition) is 1. The van der Waals surface area contributed by atoms with Crippen molar-refractivity contribution in [1.29, 1.82) is 0 Å². The second-order valence-corrected chi connectivity index (χ2v) is 7.35. The lowest BCUT2D eigenvalue weighted by Crippen LogP contribution is -2.47. The largest absolute Gasteiger partial charge is 0.484 e. The van der Waals surface area contributed by atoms with Gasteiger partial charge in [0, 0.05) is 30.7 Å². The van der Waals surface area contributed by atoms with Crippen LogP contribution < -0.4 is 10.1 Å². The molecule has 1 N–H and O–H groups in total. The quantitative estimate of drug-likeness (QED) is 0.790. The average molecular weight is 432 g/mol. The van der Waals surface area contributed by atoms with Crippen molar-refractivity contribution in [2.75, 3.05) is 45.2 Å². The second-order valence-electron chi connectivity index (χ2n) is 6.43. The fourth-order valence-electron chi connectivity index (χ4n) is 2.82. The standard InChI is InChI=1S/C20H22BrN3O3/c1-23-10-12-24(13-11-23)20(26)17-4-2-3-5-18(17)22-19(25)14-27-16-8-6-15(21)7-9-16/h2-9H,10-14H2,1H3,(H,22,25). The normalized spacial score (nSPS) is 14.7. The summed E-state index contributed by atoms with van der Waals surface area (Å²) >= 11 is 3.35. The fourth-order valence-corrected chi connectivity index (χ4v) is 3.09. The van der Waals surface area contributed by atoms with E-state index in [-0.39, 0.29) is 18.4 Å². The van der Waals surface area contributed by atoms with Gasteiger partial charge in [0.2, 0.25) is 0 Å². The van der Waals surface area contributed by atoms with Gasteiger partial charge in [0.15, 0.2) is 6.61 Å². The number of rotatable bonds is 5. The first kappa shape index (κ1) is 19.4. The lowest BCUT2D eigenvalue weighted by atomic mass is 10.1. The molecule has 2 aromatic rings. The molecule has 1 saturated heterocycles. The van der Waals surface area contributed by atoms with Gasteiger partial charge in [-0.25, -0.2) is 0 Å². The van der Waals surface area contributed by atoms with Gasteiger partial charge in [0.1, 0.15) is 5.75 Å². The van der Waals surface area contributed by atoms with Crippen molar-refractivity contribution < 1.29 is 14.3 Å². The zero-order valence-electron chi connectivity index (χ0n) is 15.2. The number of ether oxygens (including phenoxy) is 1. The van der Waals surface area contributed by atoms with E-state index >= 15 is 0 Å². The van der Waals surface area contributed by atoms with E-state index in [1.807, 2.05) is 24.1 Å². The molecule has 0 saturated carbocycles. The highest BCUT2D eigenvalue weighted by atomic mass is 79.9. The summed E-state index contributed by atoms with van der Waals surface area (Å²) in [5, 5.41) is 2.79. The third-order valence-corrected chi connectivity index (χ3v) is 4.93. The van der Waals surface area contributed by atoms with Gasteiger partial charge in [-0.3, -0.25) is 9.59 Å². The highest BCUT2D eigenvalue weighted by Crippen LogP contribution is 2.19. The highest BCUT2D eigenvalue weighted by Gasteiger charge is 2.22. The maximum absolute atomic E-state index is 12.8. The number of hydrogen-bond acceptors (Lipinski definition) is 4. The molecule has 0 aromatic heterocycles. The van der Waals surface area contributed by atoms with Crippen molar-refractivity contribution in [1.82, 2.24) is 9.80 Å². The molecule has 0 unspecified atom stereocenters. The number of benzene rings is 2. The van der Waals surface area contributed by atoms with Gasteiger partial charge in [0.05, 0.1) is 11.3 Å². The van der Waals surface area contributed by atoms with Crippen LogP contribution in [-0.2, 0) is 4.79 Å². The summed E-state index contributed by atoms with van der Waals surface area (Å²) in [6.45, 7) is 2.94. The van der Waals surface area contributed by atoms with Crippen LogP contribution in [0.3, 0.4) is 0 Å². The molecule has 1 aliphatic rings. The number of nitrogens with zero attached hydrogens (tertiary/aromatic N) is 2. The van der Waals surface area contributed by atoms with Crippen LogP contribution >= 0.6 is 15.9 Å². The summed E-state index contributed by atoms with van der Waals surface area (Å²) in [6.07, 6.45) is 0. The molecule has 3 rings (SSSR count). The average Bonchev–Trinajstić information content (AvgIpc) is 2.68. The lowest BCUT2D eigenvalue weighted by molar-refractivity contribution is -0.118. The Balaban J connectivity index is 1.62. The van der Waals surface area contributed by atoms with Crippen molar-refractivity contribution >= 4 is 33.4 Å². The molecule has 0 atom stereocenters. The van der Waals surface area contributed by atoms with Gasteiger partial charge in [0.25, 0.3) is 11.8 Å². The number of amides is 2. The number of nitrogens with one attached hydrogen (secondary N) is 1. The Morgan fingerprint density at radius 3 is 2.41 bits per heavy atom. The first-order chi connectivity index (χ1) is 13.0. The third-order valence-electron chi connectivity index (χ3n) is 4.41. The van der Waals surface area contributed by atoms with Crippen molar-refractivity contribution in [2.24, 2.45) is 0 Å². The van der Waals surface area contributed by atoms with E-state index < -0.39 is 0 Å². The summed E-state index contributed by atoms with van der Waals surface area (Å²) < 4.78 is 6.43. The number of piperazine rings is 1. The molecule has 0 spiro atoms. The molecular formula is C20H22BrN3O3. The summed E-state index contributed by atoms with van der Waals surface area (Å²) in [7, 11) is 2.04. The molecule has 2 amide bonds. The molecule has 2 aromatic carbocycles. The topological polar surface area (TPSA) is 61.9 Å². The van der Waals surface area contributed by atoms with Gasteiger partial charge >= 0.3 is 0 Å². The molecule has 1 aliphatic heterocycles. The molecule has 6 nitrogen and oxygen atoms in total. The molecule has 0 radical (unpaired) electrons. The van der Waals surface area contributed by atoms with E-state index in [1.165, 1.54) is 0 Å². The zero-order valence-corrected chi connectivity index (χ0v) is 16.7. The minimum Gasteiger partial charge on any atom is -0.484 e. The van der Waals surface area contributed by atoms with Crippen LogP contribution in [0.2, 0.25) is 0 Å². The minimum absolute atomic E-state index is 0.0622. The molecule has 27 heavy (non-hydrogen) atoms. The Bertz CT molecular complexity index is 802. The van der Waals surface area contributed by atoms with Crippen molar-refractivity contribution in [2.45, 2.75) is 0 Å². The van der Waals surface area contributed by atoms with Crippen LogP contribution in [0.1, 0.15) is 10.4 Å². The first-order valence-corrected chi connectivity index (χ1v) is 9.57. The van der Waals surface area contributed by atoms with Crippen LogP contribution in [0.5, 0.6) is 5.75 Å². The summed E-state index contributed by atoms with van der Waals surface area (Å²) in [4.78, 5) is 29.1. The number of para-hydroxylation sites is 1. The van der Waals surface area contributed by atoms with Crippen LogP contribution in [0.25, 0.3) is 0 Å². The maximum atomic E-state index is 12.8. The predicted molar refractivity (Wildman–Crippen MR) is 108 cm³/mol. The smallest absolute Gasteiger partial charge is 0.262 e. The van der Waals surface area contributed by atoms with Crippen molar-refractivity contribution in [3.05, 3.63) is 58.6 Å². The van der Waals surface area contributed by atoms with Crippen LogP contribution in [0, 0.1) is 0 Å². The van der Waals surface area contributed by atoms with E-state index in [0.29, 0.717) is 30.1 Å². The van der Waals surface area contributed by atoms with Gasteiger partial charge in [-0.15, -0.1) is 0 Å². The Morgan fingerprint density at radius 1 is 1.04 bits per heavy atom. The lowest BCUT2D eigenvalue weighted by Gasteiger charge is -2.32. The summed E-state index contributed by atoms with van der Waals surface area (Å²) in [5.41, 5.74) is 1.00. The molecule has 1 heterocycles. The SMILES string of the molecule is CN1CCN(C(=O)c2ccccc2NC(=O)COc2ccc(Br)cc2)CC1. The number of anilines is 1. The van der Waals surface area contributed by atoms with E-state index in [0.717, 1.165) is 17.6 Å². The molecule has 7 heteroatoms. The van der Waals surface area contributed by atoms with Crippen molar-refractivity contribution in [3.8, 4) is 5.75 Å². The van der Waals surface area contributed by atoms with Crippen LogP contribution in [0.15, 0.2) is 53.0 Å². The second kappa shape index (κ2) is 9.01. The third kappa shape index (κ3) is 5.30. The number of likely N-dealkylation sites (N-methyl/N-ethyl adjacent to an activating group) is 1. The molecular weight excluding hydrogens is 410 g/mol. The number of carbonyl (C=O) groups excluding carboxylic acids is 2. The molecule has 0 aliphatic carbocycles. The number of halogens is 1. The molecule has 142 valence electrons.